The first-order valence-corrected chi connectivity index (χ1v) is 10.5. The van der Waals surface area contributed by atoms with Gasteiger partial charge in [0.2, 0.25) is 5.95 Å². The molecule has 10 heteroatoms. The van der Waals surface area contributed by atoms with Gasteiger partial charge in [0.25, 0.3) is 11.5 Å². The third kappa shape index (κ3) is 5.78. The zero-order valence-corrected chi connectivity index (χ0v) is 17.4. The van der Waals surface area contributed by atoms with Crippen molar-refractivity contribution < 1.29 is 18.0 Å². The lowest BCUT2D eigenvalue weighted by Crippen LogP contribution is -2.34. The van der Waals surface area contributed by atoms with Crippen molar-refractivity contribution in [3.05, 3.63) is 51.9 Å². The van der Waals surface area contributed by atoms with E-state index in [-0.39, 0.29) is 28.3 Å². The van der Waals surface area contributed by atoms with Gasteiger partial charge >= 0.3 is 5.51 Å². The summed E-state index contributed by atoms with van der Waals surface area (Å²) in [6, 6.07) is 6.60. The van der Waals surface area contributed by atoms with Crippen LogP contribution in [0.15, 0.2) is 40.0 Å². The van der Waals surface area contributed by atoms with E-state index in [9.17, 15) is 22.8 Å². The van der Waals surface area contributed by atoms with Gasteiger partial charge < -0.3 is 10.2 Å². The fourth-order valence-corrected chi connectivity index (χ4v) is 3.91. The van der Waals surface area contributed by atoms with Crippen LogP contribution < -0.4 is 15.8 Å². The number of amides is 1. The number of hydrogen-bond acceptors (Lipinski definition) is 5. The average Bonchev–Trinajstić information content (AvgIpc) is 3.19. The van der Waals surface area contributed by atoms with Crippen LogP contribution in [0, 0.1) is 5.92 Å². The molecule has 1 saturated heterocycles. The van der Waals surface area contributed by atoms with E-state index in [4.69, 9.17) is 0 Å². The smallest absolute Gasteiger partial charge is 0.344 e. The van der Waals surface area contributed by atoms with E-state index in [1.165, 1.54) is 12.1 Å². The van der Waals surface area contributed by atoms with Crippen molar-refractivity contribution in [2.75, 3.05) is 18.0 Å². The van der Waals surface area contributed by atoms with Gasteiger partial charge in [0.15, 0.2) is 0 Å². The van der Waals surface area contributed by atoms with Gasteiger partial charge in [0.05, 0.1) is 6.04 Å². The molecule has 2 heterocycles. The van der Waals surface area contributed by atoms with Crippen molar-refractivity contribution >= 4 is 23.6 Å². The molecule has 0 unspecified atom stereocenters. The van der Waals surface area contributed by atoms with E-state index in [2.05, 4.69) is 15.3 Å². The minimum atomic E-state index is -4.35. The summed E-state index contributed by atoms with van der Waals surface area (Å²) in [5.41, 5.74) is -4.08. The number of halogens is 3. The Morgan fingerprint density at radius 2 is 1.83 bits per heavy atom. The number of H-pyrrole nitrogens is 1. The predicted octanol–water partition coefficient (Wildman–Crippen LogP) is 4.11. The molecule has 2 aromatic rings. The predicted molar refractivity (Wildman–Crippen MR) is 110 cm³/mol. The molecule has 1 aromatic heterocycles. The van der Waals surface area contributed by atoms with Crippen LogP contribution in [0.1, 0.15) is 48.8 Å². The maximum absolute atomic E-state index is 12.8. The molecule has 1 atom stereocenters. The van der Waals surface area contributed by atoms with Crippen molar-refractivity contribution in [2.24, 2.45) is 5.92 Å². The number of aromatic nitrogens is 2. The van der Waals surface area contributed by atoms with E-state index < -0.39 is 23.0 Å². The zero-order valence-electron chi connectivity index (χ0n) is 16.6. The normalized spacial score (nSPS) is 15.5. The minimum Gasteiger partial charge on any atom is -0.344 e. The highest BCUT2D eigenvalue weighted by molar-refractivity contribution is 8.00. The summed E-state index contributed by atoms with van der Waals surface area (Å²) in [5.74, 6) is -0.163. The van der Waals surface area contributed by atoms with E-state index in [0.717, 1.165) is 32.0 Å². The minimum absolute atomic E-state index is 0.00977. The summed E-state index contributed by atoms with van der Waals surface area (Å²) in [6.07, 6.45) is 2.00. The molecule has 1 aromatic carbocycles. The SMILES string of the molecule is CC(C)[C@@H](NC(=O)c1cc(=O)[nH]c(N2CCCC2)n1)c1ccc(SC(F)(F)F)cc1. The van der Waals surface area contributed by atoms with Crippen molar-refractivity contribution in [3.8, 4) is 0 Å². The number of hydrogen-bond donors (Lipinski definition) is 2. The Hall–Kier alpha value is -2.49. The highest BCUT2D eigenvalue weighted by atomic mass is 32.2. The largest absolute Gasteiger partial charge is 0.446 e. The fraction of sp³-hybridized carbons (Fsp3) is 0.450. The number of carbonyl (C=O) groups is 1. The molecule has 1 fully saturated rings. The van der Waals surface area contributed by atoms with Gasteiger partial charge in [0.1, 0.15) is 5.69 Å². The second-order valence-corrected chi connectivity index (χ2v) is 8.60. The Bertz CT molecular complexity index is 938. The van der Waals surface area contributed by atoms with Crippen LogP contribution in [0.2, 0.25) is 0 Å². The van der Waals surface area contributed by atoms with Crippen LogP contribution in [0.25, 0.3) is 0 Å². The first-order chi connectivity index (χ1) is 14.1. The first kappa shape index (κ1) is 22.2. The van der Waals surface area contributed by atoms with Crippen LogP contribution >= 0.6 is 11.8 Å². The number of nitrogens with one attached hydrogen (secondary N) is 2. The highest BCUT2D eigenvalue weighted by Crippen LogP contribution is 2.37. The van der Waals surface area contributed by atoms with Gasteiger partial charge in [-0.3, -0.25) is 14.6 Å². The lowest BCUT2D eigenvalue weighted by atomic mass is 9.96. The maximum atomic E-state index is 12.8. The van der Waals surface area contributed by atoms with E-state index in [1.807, 2.05) is 18.7 Å². The average molecular weight is 440 g/mol. The standard InChI is InChI=1S/C20H23F3N4O2S/c1-12(2)17(13-5-7-14(8-6-13)30-20(21,22)23)26-18(29)15-11-16(28)25-19(24-15)27-9-3-4-10-27/h5-8,11-12,17H,3-4,9-10H2,1-2H3,(H,26,29)(H,24,25,28)/t17-/m1/s1. The zero-order chi connectivity index (χ0) is 21.9. The van der Waals surface area contributed by atoms with E-state index in [0.29, 0.717) is 11.5 Å². The van der Waals surface area contributed by atoms with Gasteiger partial charge in [-0.05, 0) is 48.2 Å². The number of anilines is 1. The Kier molecular flexibility index (Phi) is 6.74. The van der Waals surface area contributed by atoms with Gasteiger partial charge in [-0.25, -0.2) is 4.98 Å². The topological polar surface area (TPSA) is 78.1 Å². The maximum Gasteiger partial charge on any atom is 0.446 e. The van der Waals surface area contributed by atoms with E-state index in [1.54, 1.807) is 12.1 Å². The van der Waals surface area contributed by atoms with Gasteiger partial charge in [0, 0.05) is 24.1 Å². The van der Waals surface area contributed by atoms with Crippen LogP contribution in [-0.4, -0.2) is 34.5 Å². The molecule has 3 rings (SSSR count). The molecule has 1 aliphatic rings. The molecule has 0 radical (unpaired) electrons. The molecule has 2 N–H and O–H groups in total. The molecule has 1 aliphatic heterocycles. The number of rotatable bonds is 6. The number of thioether (sulfide) groups is 1. The summed E-state index contributed by atoms with van der Waals surface area (Å²) in [4.78, 5) is 33.8. The van der Waals surface area contributed by atoms with Crippen LogP contribution in [0.3, 0.4) is 0 Å². The molecule has 162 valence electrons. The lowest BCUT2D eigenvalue weighted by Gasteiger charge is -2.23. The van der Waals surface area contributed by atoms with Gasteiger partial charge in [-0.15, -0.1) is 0 Å². The Balaban J connectivity index is 1.78. The van der Waals surface area contributed by atoms with Crippen molar-refractivity contribution in [3.63, 3.8) is 0 Å². The highest BCUT2D eigenvalue weighted by Gasteiger charge is 2.29. The molecule has 0 bridgehead atoms. The Labute approximate surface area is 176 Å². The van der Waals surface area contributed by atoms with Crippen molar-refractivity contribution in [2.45, 2.75) is 43.1 Å². The summed E-state index contributed by atoms with van der Waals surface area (Å²) in [7, 11) is 0. The van der Waals surface area contributed by atoms with Crippen LogP contribution in [0.5, 0.6) is 0 Å². The summed E-state index contributed by atoms with van der Waals surface area (Å²) < 4.78 is 37.6. The monoisotopic (exact) mass is 440 g/mol. The summed E-state index contributed by atoms with van der Waals surface area (Å²) in [6.45, 7) is 5.32. The van der Waals surface area contributed by atoms with Crippen LogP contribution in [-0.2, 0) is 0 Å². The number of aromatic amines is 1. The summed E-state index contributed by atoms with van der Waals surface area (Å²) >= 11 is -0.185. The number of benzene rings is 1. The third-order valence-electron chi connectivity index (χ3n) is 4.79. The van der Waals surface area contributed by atoms with Crippen molar-refractivity contribution in [1.82, 2.24) is 15.3 Å². The molecule has 0 saturated carbocycles. The number of nitrogens with zero attached hydrogens (tertiary/aromatic N) is 2. The molecule has 0 spiro atoms. The Morgan fingerprint density at radius 1 is 1.20 bits per heavy atom. The Morgan fingerprint density at radius 3 is 2.40 bits per heavy atom. The second-order valence-electron chi connectivity index (χ2n) is 7.46. The molecule has 0 aliphatic carbocycles. The quantitative estimate of drug-likeness (QED) is 0.661. The summed E-state index contributed by atoms with van der Waals surface area (Å²) in [5, 5.41) is 2.86. The third-order valence-corrected chi connectivity index (χ3v) is 5.53. The molecular weight excluding hydrogens is 417 g/mol. The number of alkyl halides is 3. The lowest BCUT2D eigenvalue weighted by molar-refractivity contribution is -0.0328. The fourth-order valence-electron chi connectivity index (χ4n) is 3.37. The number of carbonyl (C=O) groups excluding carboxylic acids is 1. The molecule has 6 nitrogen and oxygen atoms in total. The first-order valence-electron chi connectivity index (χ1n) is 9.65. The van der Waals surface area contributed by atoms with Crippen molar-refractivity contribution in [1.29, 1.82) is 0 Å². The molecule has 30 heavy (non-hydrogen) atoms. The van der Waals surface area contributed by atoms with Gasteiger partial charge in [-0.2, -0.15) is 13.2 Å². The van der Waals surface area contributed by atoms with Gasteiger partial charge in [-0.1, -0.05) is 26.0 Å². The van der Waals surface area contributed by atoms with E-state index >= 15 is 0 Å². The second kappa shape index (κ2) is 9.11. The molecular formula is C20H23F3N4O2S. The molecule has 1 amide bonds. The van der Waals surface area contributed by atoms with Crippen LogP contribution in [0.4, 0.5) is 19.1 Å².